The van der Waals surface area contributed by atoms with Crippen molar-refractivity contribution < 1.29 is 0 Å². The molecule has 1 aliphatic carbocycles. The van der Waals surface area contributed by atoms with Crippen molar-refractivity contribution in [2.45, 2.75) is 53.9 Å². The topological polar surface area (TPSA) is 0 Å². The van der Waals surface area contributed by atoms with E-state index in [0.717, 1.165) is 29.6 Å². The molecule has 5 unspecified atom stereocenters. The van der Waals surface area contributed by atoms with Gasteiger partial charge in [-0.05, 0) is 36.0 Å². The summed E-state index contributed by atoms with van der Waals surface area (Å²) in [6, 6.07) is 0. The highest BCUT2D eigenvalue weighted by Crippen LogP contribution is 2.48. The van der Waals surface area contributed by atoms with Gasteiger partial charge in [0.1, 0.15) is 0 Å². The van der Waals surface area contributed by atoms with Gasteiger partial charge in [-0.2, -0.15) is 0 Å². The summed E-state index contributed by atoms with van der Waals surface area (Å²) in [5.74, 6) is 4.94. The summed E-state index contributed by atoms with van der Waals surface area (Å²) in [6.45, 7) is 12.0. The van der Waals surface area contributed by atoms with Crippen molar-refractivity contribution >= 4 is 0 Å². The molecule has 0 spiro atoms. The van der Waals surface area contributed by atoms with Crippen molar-refractivity contribution in [3.8, 4) is 0 Å². The van der Waals surface area contributed by atoms with E-state index in [9.17, 15) is 0 Å². The Morgan fingerprint density at radius 3 is 2.23 bits per heavy atom. The van der Waals surface area contributed by atoms with Crippen LogP contribution in [-0.2, 0) is 0 Å². The molecule has 0 aromatic rings. The minimum absolute atomic E-state index is 0.923. The van der Waals surface area contributed by atoms with Crippen LogP contribution in [0.25, 0.3) is 0 Å². The second-order valence-electron chi connectivity index (χ2n) is 5.19. The summed E-state index contributed by atoms with van der Waals surface area (Å²) in [7, 11) is 0. The van der Waals surface area contributed by atoms with Crippen LogP contribution in [0.15, 0.2) is 0 Å². The molecular formula is C13H26. The minimum Gasteiger partial charge on any atom is -0.0651 e. The van der Waals surface area contributed by atoms with Crippen molar-refractivity contribution in [1.29, 1.82) is 0 Å². The standard InChI is InChI=1S/C13H26/c1-6-9(3)11(5)13-8-10(4)12(13)7-2/h9-13H,6-8H2,1-5H3. The van der Waals surface area contributed by atoms with Gasteiger partial charge < -0.3 is 0 Å². The smallest absolute Gasteiger partial charge is 0.0352 e. The maximum Gasteiger partial charge on any atom is -0.0352 e. The average Bonchev–Trinajstić information content (AvgIpc) is 2.12. The first-order valence-corrected chi connectivity index (χ1v) is 6.11. The van der Waals surface area contributed by atoms with Gasteiger partial charge in [-0.1, -0.05) is 47.5 Å². The predicted molar refractivity (Wildman–Crippen MR) is 59.7 cm³/mol. The maximum atomic E-state index is 2.47. The summed E-state index contributed by atoms with van der Waals surface area (Å²) in [5.41, 5.74) is 0. The summed E-state index contributed by atoms with van der Waals surface area (Å²) >= 11 is 0. The van der Waals surface area contributed by atoms with Crippen LogP contribution in [0.5, 0.6) is 0 Å². The number of hydrogen-bond acceptors (Lipinski definition) is 0. The monoisotopic (exact) mass is 182 g/mol. The van der Waals surface area contributed by atoms with E-state index in [0.29, 0.717) is 0 Å². The van der Waals surface area contributed by atoms with Crippen molar-refractivity contribution in [3.63, 3.8) is 0 Å². The molecule has 5 atom stereocenters. The fraction of sp³-hybridized carbons (Fsp3) is 1.00. The van der Waals surface area contributed by atoms with Crippen LogP contribution in [-0.4, -0.2) is 0 Å². The zero-order valence-corrected chi connectivity index (χ0v) is 10.0. The Hall–Kier alpha value is 0. The quantitative estimate of drug-likeness (QED) is 0.606. The Bertz CT molecular complexity index is 150. The Balaban J connectivity index is 2.44. The van der Waals surface area contributed by atoms with Crippen molar-refractivity contribution in [2.75, 3.05) is 0 Å². The van der Waals surface area contributed by atoms with Crippen LogP contribution in [0.1, 0.15) is 53.9 Å². The predicted octanol–water partition coefficient (Wildman–Crippen LogP) is 4.35. The zero-order valence-electron chi connectivity index (χ0n) is 10.0. The number of hydrogen-bond donors (Lipinski definition) is 0. The molecule has 0 aromatic heterocycles. The lowest BCUT2D eigenvalue weighted by Gasteiger charge is -2.48. The number of rotatable bonds is 4. The highest BCUT2D eigenvalue weighted by Gasteiger charge is 2.40. The van der Waals surface area contributed by atoms with Gasteiger partial charge in [0, 0.05) is 0 Å². The van der Waals surface area contributed by atoms with Crippen LogP contribution >= 0.6 is 0 Å². The first-order valence-electron chi connectivity index (χ1n) is 6.11. The second-order valence-corrected chi connectivity index (χ2v) is 5.19. The summed E-state index contributed by atoms with van der Waals surface area (Å²) in [5, 5.41) is 0. The molecule has 0 amide bonds. The molecule has 0 aliphatic heterocycles. The van der Waals surface area contributed by atoms with E-state index in [1.807, 2.05) is 0 Å². The second kappa shape index (κ2) is 4.48. The third-order valence-corrected chi connectivity index (χ3v) is 4.61. The van der Waals surface area contributed by atoms with Gasteiger partial charge in [0.25, 0.3) is 0 Å². The van der Waals surface area contributed by atoms with Gasteiger partial charge in [0.05, 0.1) is 0 Å². The fourth-order valence-electron chi connectivity index (χ4n) is 3.11. The molecule has 0 N–H and O–H groups in total. The average molecular weight is 182 g/mol. The van der Waals surface area contributed by atoms with E-state index >= 15 is 0 Å². The van der Waals surface area contributed by atoms with Crippen molar-refractivity contribution in [2.24, 2.45) is 29.6 Å². The molecule has 0 nitrogen and oxygen atoms in total. The van der Waals surface area contributed by atoms with Gasteiger partial charge in [0.2, 0.25) is 0 Å². The third-order valence-electron chi connectivity index (χ3n) is 4.61. The molecule has 1 aliphatic rings. The lowest BCUT2D eigenvalue weighted by Crippen LogP contribution is -2.40. The van der Waals surface area contributed by atoms with Crippen LogP contribution < -0.4 is 0 Å². The highest BCUT2D eigenvalue weighted by molar-refractivity contribution is 4.89. The van der Waals surface area contributed by atoms with Crippen LogP contribution in [0.4, 0.5) is 0 Å². The Labute approximate surface area is 84.1 Å². The maximum absolute atomic E-state index is 2.47. The summed E-state index contributed by atoms with van der Waals surface area (Å²) < 4.78 is 0. The molecule has 0 saturated heterocycles. The van der Waals surface area contributed by atoms with Gasteiger partial charge in [0.15, 0.2) is 0 Å². The van der Waals surface area contributed by atoms with E-state index in [4.69, 9.17) is 0 Å². The van der Waals surface area contributed by atoms with Crippen molar-refractivity contribution in [3.05, 3.63) is 0 Å². The molecule has 0 bridgehead atoms. The molecular weight excluding hydrogens is 156 g/mol. The zero-order chi connectivity index (χ0) is 10.0. The van der Waals surface area contributed by atoms with Gasteiger partial charge in [-0.3, -0.25) is 0 Å². The Morgan fingerprint density at radius 2 is 1.85 bits per heavy atom. The van der Waals surface area contributed by atoms with Crippen LogP contribution in [0.2, 0.25) is 0 Å². The largest absolute Gasteiger partial charge is 0.0651 e. The lowest BCUT2D eigenvalue weighted by atomic mass is 9.58. The van der Waals surface area contributed by atoms with Gasteiger partial charge in [-0.15, -0.1) is 0 Å². The van der Waals surface area contributed by atoms with Crippen LogP contribution in [0, 0.1) is 29.6 Å². The van der Waals surface area contributed by atoms with E-state index in [-0.39, 0.29) is 0 Å². The molecule has 78 valence electrons. The van der Waals surface area contributed by atoms with E-state index in [2.05, 4.69) is 34.6 Å². The van der Waals surface area contributed by atoms with Gasteiger partial charge in [-0.25, -0.2) is 0 Å². The SMILES string of the molecule is CCC(C)C(C)C1CC(C)C1CC. The van der Waals surface area contributed by atoms with E-state index in [1.165, 1.54) is 19.3 Å². The minimum atomic E-state index is 0.923. The summed E-state index contributed by atoms with van der Waals surface area (Å²) in [4.78, 5) is 0. The fourth-order valence-corrected chi connectivity index (χ4v) is 3.11. The Morgan fingerprint density at radius 1 is 1.23 bits per heavy atom. The molecule has 13 heavy (non-hydrogen) atoms. The van der Waals surface area contributed by atoms with Crippen molar-refractivity contribution in [1.82, 2.24) is 0 Å². The summed E-state index contributed by atoms with van der Waals surface area (Å²) in [6.07, 6.45) is 4.24. The first kappa shape index (κ1) is 11.1. The van der Waals surface area contributed by atoms with Gasteiger partial charge >= 0.3 is 0 Å². The highest BCUT2D eigenvalue weighted by atomic mass is 14.5. The molecule has 0 aromatic carbocycles. The molecule has 0 heteroatoms. The Kier molecular flexibility index (Phi) is 3.82. The molecule has 0 heterocycles. The molecule has 0 radical (unpaired) electrons. The van der Waals surface area contributed by atoms with Crippen LogP contribution in [0.3, 0.4) is 0 Å². The third kappa shape index (κ3) is 2.08. The van der Waals surface area contributed by atoms with E-state index < -0.39 is 0 Å². The normalized spacial score (nSPS) is 38.1. The first-order chi connectivity index (χ1) is 6.11. The molecule has 1 rings (SSSR count). The molecule has 1 fully saturated rings. The molecule has 1 saturated carbocycles. The van der Waals surface area contributed by atoms with E-state index in [1.54, 1.807) is 0 Å². The lowest BCUT2D eigenvalue weighted by molar-refractivity contribution is 0.0167.